The zero-order chi connectivity index (χ0) is 20.6. The molecule has 150 valence electrons. The number of carbonyl (C=O) groups excluding carboxylic acids is 3. The minimum atomic E-state index is -0.952. The largest absolute Gasteiger partial charge is 0.368 e. The molecule has 2 atom stereocenters. The van der Waals surface area contributed by atoms with Crippen molar-refractivity contribution in [3.05, 3.63) is 78.1 Å². The Kier molecular flexibility index (Phi) is 6.41. The van der Waals surface area contributed by atoms with Crippen LogP contribution in [-0.2, 0) is 22.4 Å². The predicted molar refractivity (Wildman–Crippen MR) is 106 cm³/mol. The van der Waals surface area contributed by atoms with Gasteiger partial charge in [0.2, 0.25) is 11.8 Å². The third-order valence-corrected chi connectivity index (χ3v) is 4.38. The van der Waals surface area contributed by atoms with Crippen molar-refractivity contribution < 1.29 is 14.4 Å². The van der Waals surface area contributed by atoms with Gasteiger partial charge in [0, 0.05) is 25.2 Å². The summed E-state index contributed by atoms with van der Waals surface area (Å²) < 4.78 is 0. The first-order valence-electron chi connectivity index (χ1n) is 9.08. The Bertz CT molecular complexity index is 938. The van der Waals surface area contributed by atoms with Gasteiger partial charge in [-0.25, -0.2) is 4.98 Å². The molecule has 29 heavy (non-hydrogen) atoms. The monoisotopic (exact) mass is 394 g/mol. The zero-order valence-corrected chi connectivity index (χ0v) is 15.6. The van der Waals surface area contributed by atoms with Gasteiger partial charge in [-0.05, 0) is 17.7 Å². The highest BCUT2D eigenvalue weighted by atomic mass is 16.2. The molecule has 0 bridgehead atoms. The minimum absolute atomic E-state index is 0.146. The fourth-order valence-corrected chi connectivity index (χ4v) is 2.87. The highest BCUT2D eigenvalue weighted by Crippen LogP contribution is 2.06. The number of primary amides is 1. The number of hydrogen-bond acceptors (Lipinski definition) is 4. The number of H-pyrrole nitrogens is 2. The number of aromatic amines is 2. The summed E-state index contributed by atoms with van der Waals surface area (Å²) in [6.45, 7) is 0. The van der Waals surface area contributed by atoms with Crippen molar-refractivity contribution in [3.8, 4) is 0 Å². The van der Waals surface area contributed by atoms with Crippen molar-refractivity contribution in [1.82, 2.24) is 25.6 Å². The van der Waals surface area contributed by atoms with Crippen molar-refractivity contribution in [2.24, 2.45) is 5.73 Å². The number of hydrogen-bond donors (Lipinski definition) is 5. The number of amides is 3. The lowest BCUT2D eigenvalue weighted by atomic mass is 10.0. The summed E-state index contributed by atoms with van der Waals surface area (Å²) in [7, 11) is 0. The Morgan fingerprint density at radius 1 is 1.00 bits per heavy atom. The van der Waals surface area contributed by atoms with Crippen LogP contribution >= 0.6 is 0 Å². The van der Waals surface area contributed by atoms with Gasteiger partial charge in [0.05, 0.1) is 12.0 Å². The second-order valence-electron chi connectivity index (χ2n) is 6.53. The Hall–Kier alpha value is -3.88. The van der Waals surface area contributed by atoms with E-state index in [1.54, 1.807) is 24.5 Å². The van der Waals surface area contributed by atoms with E-state index in [9.17, 15) is 14.4 Å². The molecule has 3 amide bonds. The fourth-order valence-electron chi connectivity index (χ4n) is 2.87. The van der Waals surface area contributed by atoms with Gasteiger partial charge in [0.1, 0.15) is 17.8 Å². The van der Waals surface area contributed by atoms with Gasteiger partial charge >= 0.3 is 0 Å². The molecule has 9 nitrogen and oxygen atoms in total. The highest BCUT2D eigenvalue weighted by Gasteiger charge is 2.27. The van der Waals surface area contributed by atoms with E-state index in [4.69, 9.17) is 5.73 Å². The van der Waals surface area contributed by atoms with Crippen LogP contribution in [0.4, 0.5) is 0 Å². The smallest absolute Gasteiger partial charge is 0.268 e. The Morgan fingerprint density at radius 3 is 2.41 bits per heavy atom. The van der Waals surface area contributed by atoms with Crippen LogP contribution in [0.25, 0.3) is 0 Å². The molecule has 0 saturated heterocycles. The summed E-state index contributed by atoms with van der Waals surface area (Å²) in [6.07, 6.45) is 5.12. The summed E-state index contributed by atoms with van der Waals surface area (Å²) in [5.74, 6) is -1.61. The maximum atomic E-state index is 12.9. The van der Waals surface area contributed by atoms with Crippen molar-refractivity contribution in [2.75, 3.05) is 0 Å². The molecule has 0 saturated carbocycles. The number of rotatable bonds is 9. The van der Waals surface area contributed by atoms with E-state index >= 15 is 0 Å². The molecule has 0 aliphatic heterocycles. The van der Waals surface area contributed by atoms with Crippen molar-refractivity contribution >= 4 is 17.7 Å². The normalized spacial score (nSPS) is 12.7. The van der Waals surface area contributed by atoms with E-state index in [0.29, 0.717) is 11.4 Å². The minimum Gasteiger partial charge on any atom is -0.368 e. The van der Waals surface area contributed by atoms with E-state index in [1.807, 2.05) is 30.3 Å². The molecule has 2 heterocycles. The second-order valence-corrected chi connectivity index (χ2v) is 6.53. The Morgan fingerprint density at radius 2 is 1.79 bits per heavy atom. The average molecular weight is 394 g/mol. The van der Waals surface area contributed by atoms with Crippen LogP contribution < -0.4 is 16.4 Å². The van der Waals surface area contributed by atoms with Gasteiger partial charge in [-0.1, -0.05) is 30.3 Å². The molecule has 0 fully saturated rings. The summed E-state index contributed by atoms with van der Waals surface area (Å²) in [6, 6.07) is 10.7. The van der Waals surface area contributed by atoms with E-state index in [-0.39, 0.29) is 12.8 Å². The molecule has 0 spiro atoms. The van der Waals surface area contributed by atoms with E-state index in [0.717, 1.165) is 5.56 Å². The third-order valence-electron chi connectivity index (χ3n) is 4.38. The first-order chi connectivity index (χ1) is 14.0. The number of nitrogens with two attached hydrogens (primary N) is 1. The molecule has 0 radical (unpaired) electrons. The Labute approximate surface area is 167 Å². The SMILES string of the molecule is NC(=O)[C@H](Cc1c[nH]cn1)NC(=O)[C@H](Cc1ccccc1)NC(=O)c1ccc[nH]1. The Balaban J connectivity index is 1.74. The quantitative estimate of drug-likeness (QED) is 0.355. The van der Waals surface area contributed by atoms with Crippen LogP contribution in [0, 0.1) is 0 Å². The summed E-state index contributed by atoms with van der Waals surface area (Å²) in [4.78, 5) is 46.9. The topological polar surface area (TPSA) is 146 Å². The lowest BCUT2D eigenvalue weighted by molar-refractivity contribution is -0.128. The van der Waals surface area contributed by atoms with Gasteiger partial charge in [0.25, 0.3) is 5.91 Å². The van der Waals surface area contributed by atoms with Crippen LogP contribution in [0.1, 0.15) is 21.7 Å². The number of carbonyl (C=O) groups is 3. The summed E-state index contributed by atoms with van der Waals surface area (Å²) in [5, 5.41) is 5.35. The first kappa shape index (κ1) is 19.9. The lowest BCUT2D eigenvalue weighted by Gasteiger charge is -2.21. The molecule has 6 N–H and O–H groups in total. The van der Waals surface area contributed by atoms with Gasteiger partial charge in [-0.15, -0.1) is 0 Å². The number of nitrogens with zero attached hydrogens (tertiary/aromatic N) is 1. The fraction of sp³-hybridized carbons (Fsp3) is 0.200. The number of benzene rings is 1. The van der Waals surface area contributed by atoms with Crippen LogP contribution in [0.5, 0.6) is 0 Å². The highest BCUT2D eigenvalue weighted by molar-refractivity contribution is 5.97. The number of aromatic nitrogens is 3. The van der Waals surface area contributed by atoms with Crippen molar-refractivity contribution in [3.63, 3.8) is 0 Å². The number of nitrogens with one attached hydrogen (secondary N) is 4. The van der Waals surface area contributed by atoms with Crippen molar-refractivity contribution in [2.45, 2.75) is 24.9 Å². The molecule has 0 unspecified atom stereocenters. The van der Waals surface area contributed by atoms with Crippen LogP contribution in [0.15, 0.2) is 61.2 Å². The molecular weight excluding hydrogens is 372 g/mol. The molecular formula is C20H22N6O3. The molecule has 0 aliphatic carbocycles. The maximum absolute atomic E-state index is 12.9. The van der Waals surface area contributed by atoms with Crippen LogP contribution in [0.3, 0.4) is 0 Å². The zero-order valence-electron chi connectivity index (χ0n) is 15.6. The van der Waals surface area contributed by atoms with Gasteiger partial charge in [-0.3, -0.25) is 14.4 Å². The standard InChI is InChI=1S/C20H22N6O3/c21-18(27)16(10-14-11-22-12-24-14)25-20(29)17(9-13-5-2-1-3-6-13)26-19(28)15-7-4-8-23-15/h1-8,11-12,16-17,23H,9-10H2,(H2,21,27)(H,22,24)(H,25,29)(H,26,28)/t16-,17-/m0/s1. The molecule has 0 aliphatic rings. The number of imidazole rings is 1. The molecule has 3 rings (SSSR count). The summed E-state index contributed by atoms with van der Waals surface area (Å²) in [5.41, 5.74) is 7.23. The van der Waals surface area contributed by atoms with Gasteiger partial charge in [-0.2, -0.15) is 0 Å². The van der Waals surface area contributed by atoms with Crippen LogP contribution in [0.2, 0.25) is 0 Å². The lowest BCUT2D eigenvalue weighted by Crippen LogP contribution is -2.54. The van der Waals surface area contributed by atoms with Gasteiger partial charge in [0.15, 0.2) is 0 Å². The van der Waals surface area contributed by atoms with Gasteiger partial charge < -0.3 is 26.3 Å². The second kappa shape index (κ2) is 9.36. The predicted octanol–water partition coefficient (Wildman–Crippen LogP) is 0.292. The third kappa shape index (κ3) is 5.55. The van der Waals surface area contributed by atoms with E-state index in [1.165, 1.54) is 6.33 Å². The molecule has 2 aromatic heterocycles. The maximum Gasteiger partial charge on any atom is 0.268 e. The van der Waals surface area contributed by atoms with E-state index < -0.39 is 29.8 Å². The van der Waals surface area contributed by atoms with Crippen LogP contribution in [-0.4, -0.2) is 44.8 Å². The summed E-state index contributed by atoms with van der Waals surface area (Å²) >= 11 is 0. The molecule has 1 aromatic carbocycles. The average Bonchev–Trinajstić information content (AvgIpc) is 3.41. The molecule has 3 aromatic rings. The van der Waals surface area contributed by atoms with E-state index in [2.05, 4.69) is 25.6 Å². The molecule has 9 heteroatoms. The first-order valence-corrected chi connectivity index (χ1v) is 9.08. The van der Waals surface area contributed by atoms with Crippen molar-refractivity contribution in [1.29, 1.82) is 0 Å².